The van der Waals surface area contributed by atoms with E-state index in [1.165, 1.54) is 75.6 Å². The van der Waals surface area contributed by atoms with Crippen LogP contribution in [-0.4, -0.2) is 4.57 Å². The molecule has 0 aliphatic heterocycles. The van der Waals surface area contributed by atoms with Crippen LogP contribution in [0.3, 0.4) is 0 Å². The lowest BCUT2D eigenvalue weighted by Crippen LogP contribution is -2.10. The average Bonchev–Trinajstić information content (AvgIpc) is 3.75. The molecule has 10 rings (SSSR count). The number of fused-ring (bicyclic) bond motifs is 6. The molecule has 0 N–H and O–H groups in total. The minimum Gasteiger partial charge on any atom is -0.310 e. The minimum absolute atomic E-state index is 1.06. The highest BCUT2D eigenvalue weighted by atomic mass is 32.1. The number of para-hydroxylation sites is 3. The summed E-state index contributed by atoms with van der Waals surface area (Å²) < 4.78 is 5.03. The van der Waals surface area contributed by atoms with Gasteiger partial charge in [-0.15, -0.1) is 11.3 Å². The molecule has 7 aromatic carbocycles. The maximum absolute atomic E-state index is 2.45. The molecule has 0 spiro atoms. The van der Waals surface area contributed by atoms with Gasteiger partial charge in [-0.3, -0.25) is 0 Å². The first kappa shape index (κ1) is 29.7. The van der Waals surface area contributed by atoms with E-state index < -0.39 is 0 Å². The third kappa shape index (κ3) is 5.00. The molecule has 1 aliphatic carbocycles. The van der Waals surface area contributed by atoms with Gasteiger partial charge >= 0.3 is 0 Å². The van der Waals surface area contributed by atoms with E-state index in [2.05, 4.69) is 191 Å². The fraction of sp³-hybridized carbons (Fsp3) is 0.0417. The van der Waals surface area contributed by atoms with Gasteiger partial charge in [0, 0.05) is 47.9 Å². The standard InChI is InChI=1S/C48H34N2S/c1-2-14-33(15-3-1)35-16-12-17-37(32-35)49(45-25-13-27-47-48(45)41-21-7-11-26-46(41)51-47)36-30-28-34(29-31-36)38-18-4-8-22-42(38)50-43-23-9-5-19-39(43)40-20-6-10-24-44(40)50/h1-2,4-14,16-32H,3,15H2. The summed E-state index contributed by atoms with van der Waals surface area (Å²) in [7, 11) is 0. The molecule has 2 heterocycles. The lowest BCUT2D eigenvalue weighted by atomic mass is 9.96. The second kappa shape index (κ2) is 12.3. The molecule has 242 valence electrons. The van der Waals surface area contributed by atoms with Gasteiger partial charge in [0.25, 0.3) is 0 Å². The summed E-state index contributed by atoms with van der Waals surface area (Å²) in [6.45, 7) is 0. The number of benzene rings is 7. The van der Waals surface area contributed by atoms with E-state index in [-0.39, 0.29) is 0 Å². The number of rotatable bonds is 6. The van der Waals surface area contributed by atoms with Gasteiger partial charge in [0.15, 0.2) is 0 Å². The van der Waals surface area contributed by atoms with Crippen molar-refractivity contribution in [1.82, 2.24) is 4.57 Å². The van der Waals surface area contributed by atoms with E-state index >= 15 is 0 Å². The summed E-state index contributed by atoms with van der Waals surface area (Å²) in [5.74, 6) is 0. The van der Waals surface area contributed by atoms with Gasteiger partial charge in [-0.05, 0) is 90.2 Å². The minimum atomic E-state index is 1.06. The normalized spacial score (nSPS) is 13.0. The molecular weight excluding hydrogens is 637 g/mol. The van der Waals surface area contributed by atoms with Crippen molar-refractivity contribution in [2.75, 3.05) is 4.90 Å². The zero-order valence-corrected chi connectivity index (χ0v) is 28.9. The predicted octanol–water partition coefficient (Wildman–Crippen LogP) is 14.0. The average molecular weight is 671 g/mol. The first-order valence-electron chi connectivity index (χ1n) is 17.7. The van der Waals surface area contributed by atoms with Crippen molar-refractivity contribution in [2.24, 2.45) is 0 Å². The Bertz CT molecular complexity index is 2760. The number of hydrogen-bond acceptors (Lipinski definition) is 2. The smallest absolute Gasteiger partial charge is 0.0554 e. The van der Waals surface area contributed by atoms with Crippen molar-refractivity contribution in [3.05, 3.63) is 188 Å². The van der Waals surface area contributed by atoms with Crippen molar-refractivity contribution < 1.29 is 0 Å². The van der Waals surface area contributed by atoms with Crippen LogP contribution in [0.1, 0.15) is 18.4 Å². The van der Waals surface area contributed by atoms with Crippen LogP contribution in [-0.2, 0) is 0 Å². The molecule has 0 atom stereocenters. The van der Waals surface area contributed by atoms with E-state index in [9.17, 15) is 0 Å². The Kier molecular flexibility index (Phi) is 7.18. The summed E-state index contributed by atoms with van der Waals surface area (Å²) in [6, 6.07) is 60.0. The highest BCUT2D eigenvalue weighted by molar-refractivity contribution is 7.26. The molecule has 0 fully saturated rings. The molecule has 2 nitrogen and oxygen atoms in total. The number of hydrogen-bond donors (Lipinski definition) is 0. The van der Waals surface area contributed by atoms with E-state index in [1.807, 2.05) is 11.3 Å². The van der Waals surface area contributed by atoms with E-state index in [0.717, 1.165) is 24.2 Å². The van der Waals surface area contributed by atoms with E-state index in [4.69, 9.17) is 0 Å². The second-order valence-electron chi connectivity index (χ2n) is 13.2. The zero-order chi connectivity index (χ0) is 33.7. The zero-order valence-electron chi connectivity index (χ0n) is 28.0. The summed E-state index contributed by atoms with van der Waals surface area (Å²) >= 11 is 1.87. The van der Waals surface area contributed by atoms with Crippen molar-refractivity contribution in [3.63, 3.8) is 0 Å². The molecule has 51 heavy (non-hydrogen) atoms. The van der Waals surface area contributed by atoms with Gasteiger partial charge in [0.1, 0.15) is 0 Å². The maximum Gasteiger partial charge on any atom is 0.0554 e. The summed E-state index contributed by atoms with van der Waals surface area (Å²) in [6.07, 6.45) is 8.85. The summed E-state index contributed by atoms with van der Waals surface area (Å²) in [5, 5.41) is 5.13. The molecule has 0 unspecified atom stereocenters. The molecular formula is C48H34N2S. The van der Waals surface area contributed by atoms with Crippen LogP contribution >= 0.6 is 11.3 Å². The highest BCUT2D eigenvalue weighted by Gasteiger charge is 2.20. The van der Waals surface area contributed by atoms with Crippen LogP contribution in [0.2, 0.25) is 0 Å². The lowest BCUT2D eigenvalue weighted by molar-refractivity contribution is 1.05. The fourth-order valence-corrected chi connectivity index (χ4v) is 9.07. The third-order valence-corrected chi connectivity index (χ3v) is 11.4. The van der Waals surface area contributed by atoms with Crippen LogP contribution in [0, 0.1) is 0 Å². The van der Waals surface area contributed by atoms with Crippen LogP contribution in [0.4, 0.5) is 17.1 Å². The Morgan fingerprint density at radius 2 is 1.22 bits per heavy atom. The van der Waals surface area contributed by atoms with Gasteiger partial charge in [0.2, 0.25) is 0 Å². The molecule has 0 saturated carbocycles. The van der Waals surface area contributed by atoms with Gasteiger partial charge in [-0.1, -0.05) is 121 Å². The number of thiophene rings is 1. The predicted molar refractivity (Wildman–Crippen MR) is 220 cm³/mol. The molecule has 9 aromatic rings. The van der Waals surface area contributed by atoms with Crippen molar-refractivity contribution in [1.29, 1.82) is 0 Å². The fourth-order valence-electron chi connectivity index (χ4n) is 7.94. The van der Waals surface area contributed by atoms with Crippen molar-refractivity contribution >= 4 is 76.0 Å². The van der Waals surface area contributed by atoms with E-state index in [0.29, 0.717) is 0 Å². The summed E-state index contributed by atoms with van der Waals surface area (Å²) in [5.41, 5.74) is 12.1. The molecule has 0 radical (unpaired) electrons. The number of allylic oxidation sites excluding steroid dienone is 4. The largest absolute Gasteiger partial charge is 0.310 e. The molecule has 1 aliphatic rings. The van der Waals surface area contributed by atoms with E-state index in [1.54, 1.807) is 0 Å². The Hall–Kier alpha value is -6.16. The highest BCUT2D eigenvalue weighted by Crippen LogP contribution is 2.46. The first-order valence-corrected chi connectivity index (χ1v) is 18.5. The van der Waals surface area contributed by atoms with Crippen LogP contribution in [0.15, 0.2) is 182 Å². The van der Waals surface area contributed by atoms with Gasteiger partial charge in [0.05, 0.1) is 22.4 Å². The quantitative estimate of drug-likeness (QED) is 0.171. The molecule has 0 amide bonds. The van der Waals surface area contributed by atoms with Gasteiger partial charge in [-0.25, -0.2) is 0 Å². The van der Waals surface area contributed by atoms with Gasteiger partial charge < -0.3 is 9.47 Å². The Morgan fingerprint density at radius 3 is 2.00 bits per heavy atom. The molecule has 0 saturated heterocycles. The Labute approximate surface area is 301 Å². The second-order valence-corrected chi connectivity index (χ2v) is 14.3. The first-order chi connectivity index (χ1) is 25.3. The van der Waals surface area contributed by atoms with Crippen molar-refractivity contribution in [3.8, 4) is 16.8 Å². The summed E-state index contributed by atoms with van der Waals surface area (Å²) in [4.78, 5) is 2.45. The SMILES string of the molecule is C1=CCCC(c2cccc(N(c3ccc(-c4ccccc4-n4c5ccccc5c5ccccc54)cc3)c3cccc4sc5ccccc5c34)c2)=C1. The Balaban J connectivity index is 1.14. The Morgan fingerprint density at radius 1 is 0.529 bits per heavy atom. The van der Waals surface area contributed by atoms with Crippen LogP contribution in [0.25, 0.3) is 64.4 Å². The number of aromatic nitrogens is 1. The lowest BCUT2D eigenvalue weighted by Gasteiger charge is -2.27. The van der Waals surface area contributed by atoms with Gasteiger partial charge in [-0.2, -0.15) is 0 Å². The monoisotopic (exact) mass is 670 g/mol. The van der Waals surface area contributed by atoms with Crippen molar-refractivity contribution in [2.45, 2.75) is 12.8 Å². The topological polar surface area (TPSA) is 8.17 Å². The molecule has 2 aromatic heterocycles. The number of anilines is 3. The van der Waals surface area contributed by atoms with Crippen LogP contribution < -0.4 is 4.90 Å². The van der Waals surface area contributed by atoms with Crippen LogP contribution in [0.5, 0.6) is 0 Å². The molecule has 0 bridgehead atoms. The third-order valence-electron chi connectivity index (χ3n) is 10.3. The number of nitrogens with zero attached hydrogens (tertiary/aromatic N) is 2. The molecule has 3 heteroatoms. The maximum atomic E-state index is 2.45.